The molecular weight excluding hydrogens is 258 g/mol. The van der Waals surface area contributed by atoms with E-state index in [9.17, 15) is 4.79 Å². The first-order valence-corrected chi connectivity index (χ1v) is 7.81. The van der Waals surface area contributed by atoms with E-state index >= 15 is 0 Å². The van der Waals surface area contributed by atoms with Crippen LogP contribution in [0.15, 0.2) is 18.2 Å². The van der Waals surface area contributed by atoms with E-state index < -0.39 is 0 Å². The highest BCUT2D eigenvalue weighted by atomic mass is 32.2. The van der Waals surface area contributed by atoms with E-state index in [1.165, 1.54) is 0 Å². The van der Waals surface area contributed by atoms with E-state index in [-0.39, 0.29) is 5.91 Å². The van der Waals surface area contributed by atoms with Crippen molar-refractivity contribution >= 4 is 29.0 Å². The fourth-order valence-electron chi connectivity index (χ4n) is 2.28. The Morgan fingerprint density at radius 3 is 3.05 bits per heavy atom. The van der Waals surface area contributed by atoms with Crippen LogP contribution in [-0.2, 0) is 0 Å². The van der Waals surface area contributed by atoms with Crippen molar-refractivity contribution in [1.82, 2.24) is 5.32 Å². The molecule has 1 aromatic rings. The summed E-state index contributed by atoms with van der Waals surface area (Å²) in [6, 6.07) is 5.97. The monoisotopic (exact) mass is 279 g/mol. The molecule has 0 saturated carbocycles. The van der Waals surface area contributed by atoms with E-state index in [2.05, 4.69) is 17.1 Å². The Morgan fingerprint density at radius 2 is 2.37 bits per heavy atom. The Balaban J connectivity index is 2.28. The predicted octanol–water partition coefficient (Wildman–Crippen LogP) is 1.96. The van der Waals surface area contributed by atoms with Gasteiger partial charge in [0.1, 0.15) is 0 Å². The maximum Gasteiger partial charge on any atom is 0.251 e. The molecule has 0 aromatic heterocycles. The van der Waals surface area contributed by atoms with Crippen LogP contribution in [-0.4, -0.2) is 36.5 Å². The van der Waals surface area contributed by atoms with Crippen molar-refractivity contribution in [3.8, 4) is 0 Å². The molecule has 104 valence electrons. The normalized spacial score (nSPS) is 19.3. The second-order valence-electron chi connectivity index (χ2n) is 4.75. The number of nitrogens with two attached hydrogens (primary N) is 1. The SMILES string of the molecule is CCNC(=O)c1ccc(N)c(N2CCSCC2C)c1. The average Bonchev–Trinajstić information content (AvgIpc) is 2.40. The third-order valence-electron chi connectivity index (χ3n) is 3.31. The van der Waals surface area contributed by atoms with Gasteiger partial charge in [-0.15, -0.1) is 0 Å². The molecule has 1 saturated heterocycles. The van der Waals surface area contributed by atoms with Gasteiger partial charge in [0.05, 0.1) is 11.4 Å². The summed E-state index contributed by atoms with van der Waals surface area (Å²) in [5.74, 6) is 2.17. The van der Waals surface area contributed by atoms with Crippen LogP contribution in [0.3, 0.4) is 0 Å². The molecule has 1 fully saturated rings. The van der Waals surface area contributed by atoms with Crippen LogP contribution in [0.4, 0.5) is 11.4 Å². The molecule has 1 aliphatic heterocycles. The molecule has 0 spiro atoms. The smallest absolute Gasteiger partial charge is 0.251 e. The largest absolute Gasteiger partial charge is 0.397 e. The Bertz CT molecular complexity index is 464. The predicted molar refractivity (Wildman–Crippen MR) is 83.0 cm³/mol. The summed E-state index contributed by atoms with van der Waals surface area (Å²) < 4.78 is 0. The quantitative estimate of drug-likeness (QED) is 0.831. The number of nitrogens with zero attached hydrogens (tertiary/aromatic N) is 1. The Labute approximate surface area is 118 Å². The van der Waals surface area contributed by atoms with Crippen LogP contribution in [0.25, 0.3) is 0 Å². The summed E-state index contributed by atoms with van der Waals surface area (Å²) >= 11 is 1.96. The van der Waals surface area contributed by atoms with Gasteiger partial charge < -0.3 is 16.0 Å². The second kappa shape index (κ2) is 6.19. The van der Waals surface area contributed by atoms with E-state index in [0.29, 0.717) is 18.2 Å². The third-order valence-corrected chi connectivity index (χ3v) is 4.50. The number of hydrogen-bond acceptors (Lipinski definition) is 4. The number of nitrogens with one attached hydrogen (secondary N) is 1. The number of rotatable bonds is 3. The summed E-state index contributed by atoms with van der Waals surface area (Å²) in [5, 5.41) is 2.82. The number of thioether (sulfide) groups is 1. The summed E-state index contributed by atoms with van der Waals surface area (Å²) in [4.78, 5) is 14.2. The highest BCUT2D eigenvalue weighted by molar-refractivity contribution is 7.99. The molecule has 1 unspecified atom stereocenters. The van der Waals surface area contributed by atoms with Crippen molar-refractivity contribution in [2.24, 2.45) is 0 Å². The zero-order valence-electron chi connectivity index (χ0n) is 11.5. The summed E-state index contributed by atoms with van der Waals surface area (Å²) in [6.07, 6.45) is 0. The van der Waals surface area contributed by atoms with Crippen LogP contribution < -0.4 is 16.0 Å². The maximum absolute atomic E-state index is 11.9. The van der Waals surface area contributed by atoms with Crippen LogP contribution >= 0.6 is 11.8 Å². The van der Waals surface area contributed by atoms with Gasteiger partial charge in [-0.2, -0.15) is 11.8 Å². The molecule has 1 aliphatic rings. The van der Waals surface area contributed by atoms with E-state index in [1.54, 1.807) is 6.07 Å². The summed E-state index contributed by atoms with van der Waals surface area (Å²) in [5.41, 5.74) is 8.48. The summed E-state index contributed by atoms with van der Waals surface area (Å²) in [6.45, 7) is 5.73. The zero-order chi connectivity index (χ0) is 13.8. The molecular formula is C14H21N3OS. The number of amides is 1. The van der Waals surface area contributed by atoms with Gasteiger partial charge in [-0.05, 0) is 32.0 Å². The number of carbonyl (C=O) groups excluding carboxylic acids is 1. The molecule has 1 heterocycles. The third kappa shape index (κ3) is 3.15. The first kappa shape index (κ1) is 14.1. The highest BCUT2D eigenvalue weighted by Gasteiger charge is 2.21. The van der Waals surface area contributed by atoms with Gasteiger partial charge in [-0.1, -0.05) is 0 Å². The summed E-state index contributed by atoms with van der Waals surface area (Å²) in [7, 11) is 0. The van der Waals surface area contributed by atoms with Crippen molar-refractivity contribution in [3.63, 3.8) is 0 Å². The van der Waals surface area contributed by atoms with Gasteiger partial charge in [-0.25, -0.2) is 0 Å². The Hall–Kier alpha value is -1.36. The molecule has 4 nitrogen and oxygen atoms in total. The first-order chi connectivity index (χ1) is 9.13. The molecule has 3 N–H and O–H groups in total. The fourth-order valence-corrected chi connectivity index (χ4v) is 3.29. The lowest BCUT2D eigenvalue weighted by Gasteiger charge is -2.36. The standard InChI is InChI=1S/C14H21N3OS/c1-3-16-14(18)11-4-5-12(15)13(8-11)17-6-7-19-9-10(17)2/h4-5,8,10H,3,6-7,9,15H2,1-2H3,(H,16,18). The van der Waals surface area contributed by atoms with Crippen molar-refractivity contribution < 1.29 is 4.79 Å². The lowest BCUT2D eigenvalue weighted by atomic mass is 10.1. The topological polar surface area (TPSA) is 58.4 Å². The Kier molecular flexibility index (Phi) is 4.58. The van der Waals surface area contributed by atoms with Crippen molar-refractivity contribution in [2.75, 3.05) is 35.2 Å². The van der Waals surface area contributed by atoms with E-state index in [1.807, 2.05) is 30.8 Å². The highest BCUT2D eigenvalue weighted by Crippen LogP contribution is 2.29. The minimum absolute atomic E-state index is 0.0391. The van der Waals surface area contributed by atoms with Crippen molar-refractivity contribution in [1.29, 1.82) is 0 Å². The van der Waals surface area contributed by atoms with Crippen LogP contribution in [0, 0.1) is 0 Å². The molecule has 1 amide bonds. The molecule has 0 radical (unpaired) electrons. The van der Waals surface area contributed by atoms with Crippen molar-refractivity contribution in [2.45, 2.75) is 19.9 Å². The van der Waals surface area contributed by atoms with E-state index in [0.717, 1.165) is 29.4 Å². The lowest BCUT2D eigenvalue weighted by Crippen LogP contribution is -2.41. The van der Waals surface area contributed by atoms with Crippen LogP contribution in [0.2, 0.25) is 0 Å². The van der Waals surface area contributed by atoms with Gasteiger partial charge in [0, 0.05) is 36.2 Å². The van der Waals surface area contributed by atoms with Gasteiger partial charge in [-0.3, -0.25) is 4.79 Å². The van der Waals surface area contributed by atoms with E-state index in [4.69, 9.17) is 5.73 Å². The minimum atomic E-state index is -0.0391. The molecule has 0 bridgehead atoms. The molecule has 1 aromatic carbocycles. The first-order valence-electron chi connectivity index (χ1n) is 6.65. The molecule has 0 aliphatic carbocycles. The maximum atomic E-state index is 11.9. The minimum Gasteiger partial charge on any atom is -0.397 e. The Morgan fingerprint density at radius 1 is 1.58 bits per heavy atom. The van der Waals surface area contributed by atoms with Crippen LogP contribution in [0.5, 0.6) is 0 Å². The van der Waals surface area contributed by atoms with Gasteiger partial charge in [0.25, 0.3) is 5.91 Å². The van der Waals surface area contributed by atoms with Crippen LogP contribution in [0.1, 0.15) is 24.2 Å². The molecule has 2 rings (SSSR count). The number of benzene rings is 1. The van der Waals surface area contributed by atoms with Crippen molar-refractivity contribution in [3.05, 3.63) is 23.8 Å². The van der Waals surface area contributed by atoms with Gasteiger partial charge in [0.2, 0.25) is 0 Å². The fraction of sp³-hybridized carbons (Fsp3) is 0.500. The molecule has 1 atom stereocenters. The molecule has 5 heteroatoms. The van der Waals surface area contributed by atoms with Gasteiger partial charge in [0.15, 0.2) is 0 Å². The second-order valence-corrected chi connectivity index (χ2v) is 5.90. The number of anilines is 2. The lowest BCUT2D eigenvalue weighted by molar-refractivity contribution is 0.0956. The number of hydrogen-bond donors (Lipinski definition) is 2. The zero-order valence-corrected chi connectivity index (χ0v) is 12.3. The average molecular weight is 279 g/mol. The van der Waals surface area contributed by atoms with Gasteiger partial charge >= 0.3 is 0 Å². The molecule has 19 heavy (non-hydrogen) atoms. The number of carbonyl (C=O) groups is 1. The number of nitrogen functional groups attached to an aromatic ring is 1.